The lowest BCUT2D eigenvalue weighted by molar-refractivity contribution is 0.0422. The Morgan fingerprint density at radius 1 is 1.19 bits per heavy atom. The molecule has 0 radical (unpaired) electrons. The van der Waals surface area contributed by atoms with Gasteiger partial charge in [-0.15, -0.1) is 0 Å². The van der Waals surface area contributed by atoms with Gasteiger partial charge in [0.05, 0.1) is 10.5 Å². The van der Waals surface area contributed by atoms with Crippen LogP contribution >= 0.6 is 0 Å². The van der Waals surface area contributed by atoms with E-state index in [9.17, 15) is 13.5 Å². The zero-order valence-corrected chi connectivity index (χ0v) is 12.7. The van der Waals surface area contributed by atoms with E-state index in [0.717, 1.165) is 23.6 Å². The molecule has 112 valence electrons. The normalized spacial score (nSPS) is 18.6. The highest BCUT2D eigenvalue weighted by molar-refractivity contribution is 7.89. The molecule has 1 atom stereocenters. The molecular weight excluding hydrogens is 286 g/mol. The second-order valence-corrected chi connectivity index (χ2v) is 7.73. The molecule has 2 N–H and O–H groups in total. The number of aliphatic hydroxyl groups is 1. The van der Waals surface area contributed by atoms with Crippen LogP contribution in [0, 0.1) is 5.92 Å². The van der Waals surface area contributed by atoms with Crippen LogP contribution in [0.4, 0.5) is 0 Å². The van der Waals surface area contributed by atoms with Crippen LogP contribution in [0.2, 0.25) is 0 Å². The number of sulfonamides is 1. The third kappa shape index (κ3) is 3.10. The Morgan fingerprint density at radius 3 is 2.52 bits per heavy atom. The monoisotopic (exact) mass is 305 g/mol. The van der Waals surface area contributed by atoms with E-state index in [4.69, 9.17) is 0 Å². The van der Waals surface area contributed by atoms with E-state index in [1.54, 1.807) is 25.1 Å². The molecule has 1 saturated carbocycles. The molecule has 2 aromatic rings. The number of benzene rings is 2. The summed E-state index contributed by atoms with van der Waals surface area (Å²) in [6.07, 6.45) is 1.93. The highest BCUT2D eigenvalue weighted by Gasteiger charge is 2.40. The van der Waals surface area contributed by atoms with Crippen LogP contribution in [0.25, 0.3) is 10.8 Å². The highest BCUT2D eigenvalue weighted by atomic mass is 32.2. The molecule has 0 spiro atoms. The first-order chi connectivity index (χ1) is 9.88. The van der Waals surface area contributed by atoms with Crippen molar-refractivity contribution in [1.29, 1.82) is 0 Å². The lowest BCUT2D eigenvalue weighted by atomic mass is 10.0. The Labute approximate surface area is 124 Å². The van der Waals surface area contributed by atoms with Crippen LogP contribution in [0.15, 0.2) is 47.4 Å². The summed E-state index contributed by atoms with van der Waals surface area (Å²) in [5.74, 6) is 0.205. The average Bonchev–Trinajstić information content (AvgIpc) is 3.30. The fourth-order valence-electron chi connectivity index (χ4n) is 2.51. The average molecular weight is 305 g/mol. The topological polar surface area (TPSA) is 66.4 Å². The molecule has 1 unspecified atom stereocenters. The van der Waals surface area contributed by atoms with Gasteiger partial charge in [0, 0.05) is 6.54 Å². The van der Waals surface area contributed by atoms with Gasteiger partial charge in [-0.1, -0.05) is 30.3 Å². The molecule has 2 aromatic carbocycles. The van der Waals surface area contributed by atoms with Gasteiger partial charge in [0.2, 0.25) is 10.0 Å². The number of fused-ring (bicyclic) bond motifs is 1. The Bertz CT molecular complexity index is 764. The second kappa shape index (κ2) is 5.09. The maximum Gasteiger partial charge on any atom is 0.240 e. The zero-order valence-electron chi connectivity index (χ0n) is 11.9. The van der Waals surface area contributed by atoms with Gasteiger partial charge < -0.3 is 5.11 Å². The van der Waals surface area contributed by atoms with Crippen LogP contribution in [0.1, 0.15) is 19.8 Å². The third-order valence-corrected chi connectivity index (χ3v) is 5.51. The first-order valence-electron chi connectivity index (χ1n) is 7.09. The molecule has 0 aromatic heterocycles. The summed E-state index contributed by atoms with van der Waals surface area (Å²) >= 11 is 0. The van der Waals surface area contributed by atoms with Crippen molar-refractivity contribution in [2.75, 3.05) is 6.54 Å². The summed E-state index contributed by atoms with van der Waals surface area (Å²) in [6, 6.07) is 12.7. The first kappa shape index (κ1) is 14.5. The van der Waals surface area contributed by atoms with E-state index >= 15 is 0 Å². The Hall–Kier alpha value is -1.43. The number of nitrogens with one attached hydrogen (secondary N) is 1. The molecular formula is C16H19NO3S. The lowest BCUT2D eigenvalue weighted by Gasteiger charge is -2.23. The van der Waals surface area contributed by atoms with Gasteiger partial charge in [-0.3, -0.25) is 0 Å². The number of hydrogen-bond donors (Lipinski definition) is 2. The van der Waals surface area contributed by atoms with Crippen molar-refractivity contribution in [2.45, 2.75) is 30.3 Å². The fourth-order valence-corrected chi connectivity index (χ4v) is 3.69. The van der Waals surface area contributed by atoms with Crippen LogP contribution in [0.3, 0.4) is 0 Å². The Balaban J connectivity index is 1.82. The minimum absolute atomic E-state index is 0.0484. The summed E-state index contributed by atoms with van der Waals surface area (Å²) in [4.78, 5) is 0.229. The van der Waals surface area contributed by atoms with Gasteiger partial charge in [-0.05, 0) is 48.6 Å². The minimum Gasteiger partial charge on any atom is -0.389 e. The molecule has 0 aliphatic heterocycles. The van der Waals surface area contributed by atoms with E-state index in [0.29, 0.717) is 0 Å². The van der Waals surface area contributed by atoms with E-state index < -0.39 is 15.6 Å². The first-order valence-corrected chi connectivity index (χ1v) is 8.58. The van der Waals surface area contributed by atoms with Gasteiger partial charge >= 0.3 is 0 Å². The molecule has 5 heteroatoms. The Kier molecular flexibility index (Phi) is 3.51. The SMILES string of the molecule is CC(O)(CNS(=O)(=O)c1ccc2ccccc2c1)C1CC1. The van der Waals surface area contributed by atoms with E-state index in [-0.39, 0.29) is 17.4 Å². The highest BCUT2D eigenvalue weighted by Crippen LogP contribution is 2.39. The van der Waals surface area contributed by atoms with E-state index in [2.05, 4.69) is 4.72 Å². The molecule has 4 nitrogen and oxygen atoms in total. The molecule has 0 amide bonds. The second-order valence-electron chi connectivity index (χ2n) is 5.96. The van der Waals surface area contributed by atoms with Gasteiger partial charge in [0.15, 0.2) is 0 Å². The van der Waals surface area contributed by atoms with Gasteiger partial charge in [-0.25, -0.2) is 13.1 Å². The van der Waals surface area contributed by atoms with E-state index in [1.165, 1.54) is 0 Å². The van der Waals surface area contributed by atoms with Crippen molar-refractivity contribution in [3.8, 4) is 0 Å². The lowest BCUT2D eigenvalue weighted by Crippen LogP contribution is -2.42. The van der Waals surface area contributed by atoms with Gasteiger partial charge in [-0.2, -0.15) is 0 Å². The molecule has 0 heterocycles. The summed E-state index contributed by atoms with van der Waals surface area (Å²) in [7, 11) is -3.60. The van der Waals surface area contributed by atoms with Crippen molar-refractivity contribution >= 4 is 20.8 Å². The predicted octanol–water partition coefficient (Wildman–Crippen LogP) is 2.28. The van der Waals surface area contributed by atoms with Crippen LogP contribution in [-0.2, 0) is 10.0 Å². The van der Waals surface area contributed by atoms with Crippen LogP contribution in [-0.4, -0.2) is 25.7 Å². The summed E-state index contributed by atoms with van der Waals surface area (Å²) < 4.78 is 27.2. The van der Waals surface area contributed by atoms with Crippen LogP contribution in [0.5, 0.6) is 0 Å². The third-order valence-electron chi connectivity index (χ3n) is 4.11. The molecule has 0 saturated heterocycles. The smallest absolute Gasteiger partial charge is 0.240 e. The zero-order chi connectivity index (χ0) is 15.1. The van der Waals surface area contributed by atoms with E-state index in [1.807, 2.05) is 24.3 Å². The van der Waals surface area contributed by atoms with Crippen molar-refractivity contribution in [2.24, 2.45) is 5.92 Å². The molecule has 1 fully saturated rings. The quantitative estimate of drug-likeness (QED) is 0.890. The summed E-state index contributed by atoms with van der Waals surface area (Å²) in [6.45, 7) is 1.74. The largest absolute Gasteiger partial charge is 0.389 e. The predicted molar refractivity (Wildman–Crippen MR) is 82.5 cm³/mol. The van der Waals surface area contributed by atoms with Gasteiger partial charge in [0.25, 0.3) is 0 Å². The maximum absolute atomic E-state index is 12.3. The standard InChI is InChI=1S/C16H19NO3S/c1-16(18,14-7-8-14)11-17-21(19,20)15-9-6-12-4-2-3-5-13(12)10-15/h2-6,9-10,14,17-18H,7-8,11H2,1H3. The van der Waals surface area contributed by atoms with Crippen molar-refractivity contribution < 1.29 is 13.5 Å². The van der Waals surface area contributed by atoms with Crippen molar-refractivity contribution in [1.82, 2.24) is 4.72 Å². The minimum atomic E-state index is -3.60. The van der Waals surface area contributed by atoms with Crippen molar-refractivity contribution in [3.63, 3.8) is 0 Å². The molecule has 1 aliphatic rings. The number of hydrogen-bond acceptors (Lipinski definition) is 3. The summed E-state index contributed by atoms with van der Waals surface area (Å²) in [5, 5.41) is 12.1. The van der Waals surface area contributed by atoms with Gasteiger partial charge in [0.1, 0.15) is 0 Å². The molecule has 21 heavy (non-hydrogen) atoms. The fraction of sp³-hybridized carbons (Fsp3) is 0.375. The molecule has 0 bridgehead atoms. The summed E-state index contributed by atoms with van der Waals surface area (Å²) in [5.41, 5.74) is -0.968. The maximum atomic E-state index is 12.3. The van der Waals surface area contributed by atoms with Crippen LogP contribution < -0.4 is 4.72 Å². The van der Waals surface area contributed by atoms with Crippen molar-refractivity contribution in [3.05, 3.63) is 42.5 Å². The Morgan fingerprint density at radius 2 is 1.86 bits per heavy atom. The molecule has 3 rings (SSSR count). The number of rotatable bonds is 5. The molecule has 1 aliphatic carbocycles.